The second kappa shape index (κ2) is 5.57. The summed E-state index contributed by atoms with van der Waals surface area (Å²) in [5.41, 5.74) is 3.23. The molecule has 0 N–H and O–H groups in total. The van der Waals surface area contributed by atoms with E-state index >= 15 is 0 Å². The average molecular weight is 310 g/mol. The molecule has 0 amide bonds. The first-order valence-corrected chi connectivity index (χ1v) is 8.66. The van der Waals surface area contributed by atoms with E-state index in [1.165, 1.54) is 24.2 Å². The molecular formula is C15H20ClN3S. The van der Waals surface area contributed by atoms with Crippen LogP contribution in [0.3, 0.4) is 0 Å². The van der Waals surface area contributed by atoms with Gasteiger partial charge in [-0.05, 0) is 44.1 Å². The molecule has 1 aliphatic heterocycles. The lowest BCUT2D eigenvalue weighted by molar-refractivity contribution is 0.505. The lowest BCUT2D eigenvalue weighted by atomic mass is 10.1. The van der Waals surface area contributed by atoms with Gasteiger partial charge in [0.25, 0.3) is 0 Å². The van der Waals surface area contributed by atoms with Gasteiger partial charge in [-0.25, -0.2) is 9.97 Å². The van der Waals surface area contributed by atoms with E-state index in [1.807, 2.05) is 12.3 Å². The van der Waals surface area contributed by atoms with Gasteiger partial charge in [0, 0.05) is 29.8 Å². The zero-order valence-electron chi connectivity index (χ0n) is 12.0. The highest BCUT2D eigenvalue weighted by Crippen LogP contribution is 2.39. The minimum absolute atomic E-state index is 0.306. The fourth-order valence-electron chi connectivity index (χ4n) is 2.92. The number of nitrogens with zero attached hydrogens (tertiary/aromatic N) is 3. The maximum Gasteiger partial charge on any atom is 0.160 e. The van der Waals surface area contributed by atoms with Crippen molar-refractivity contribution in [3.05, 3.63) is 23.7 Å². The number of fused-ring (bicyclic) bond motifs is 1. The molecule has 2 aromatic heterocycles. The molecule has 0 saturated carbocycles. The molecular weight excluding hydrogens is 290 g/mol. The van der Waals surface area contributed by atoms with Crippen molar-refractivity contribution >= 4 is 34.5 Å². The highest BCUT2D eigenvalue weighted by molar-refractivity contribution is 8.00. The molecule has 5 heteroatoms. The number of pyridine rings is 1. The molecule has 20 heavy (non-hydrogen) atoms. The Morgan fingerprint density at radius 3 is 3.05 bits per heavy atom. The van der Waals surface area contributed by atoms with Gasteiger partial charge in [-0.1, -0.05) is 0 Å². The molecule has 1 unspecified atom stereocenters. The number of alkyl halides is 1. The molecule has 3 nitrogen and oxygen atoms in total. The smallest absolute Gasteiger partial charge is 0.160 e. The second-order valence-electron chi connectivity index (χ2n) is 5.76. The molecule has 2 aromatic rings. The minimum atomic E-state index is 0.306. The molecule has 3 rings (SSSR count). The van der Waals surface area contributed by atoms with Crippen molar-refractivity contribution in [2.75, 3.05) is 11.6 Å². The van der Waals surface area contributed by atoms with E-state index < -0.39 is 0 Å². The first-order valence-electron chi connectivity index (χ1n) is 7.14. The van der Waals surface area contributed by atoms with Gasteiger partial charge in [0.15, 0.2) is 5.65 Å². The van der Waals surface area contributed by atoms with Crippen LogP contribution in [0.1, 0.15) is 31.2 Å². The van der Waals surface area contributed by atoms with Crippen LogP contribution in [0.2, 0.25) is 0 Å². The van der Waals surface area contributed by atoms with Crippen molar-refractivity contribution in [3.8, 4) is 0 Å². The summed E-state index contributed by atoms with van der Waals surface area (Å²) in [6, 6.07) is 2.02. The van der Waals surface area contributed by atoms with Gasteiger partial charge >= 0.3 is 0 Å². The fraction of sp³-hybridized carbons (Fsp3) is 0.600. The zero-order chi connectivity index (χ0) is 14.2. The molecule has 108 valence electrons. The molecule has 1 saturated heterocycles. The third-order valence-electron chi connectivity index (χ3n) is 4.03. The fourth-order valence-corrected chi connectivity index (χ4v) is 4.38. The van der Waals surface area contributed by atoms with Crippen molar-refractivity contribution in [1.82, 2.24) is 14.5 Å². The number of rotatable bonds is 4. The van der Waals surface area contributed by atoms with Gasteiger partial charge < -0.3 is 4.57 Å². The van der Waals surface area contributed by atoms with Crippen LogP contribution >= 0.6 is 23.4 Å². The number of imidazole rings is 1. The molecule has 0 aliphatic carbocycles. The van der Waals surface area contributed by atoms with Gasteiger partial charge in [0.1, 0.15) is 11.3 Å². The Hall–Kier alpha value is -0.740. The van der Waals surface area contributed by atoms with Crippen LogP contribution < -0.4 is 0 Å². The van der Waals surface area contributed by atoms with Crippen LogP contribution in [-0.2, 0) is 13.0 Å². The average Bonchev–Trinajstić information content (AvgIpc) is 2.98. The highest BCUT2D eigenvalue weighted by atomic mass is 35.5. The van der Waals surface area contributed by atoms with Crippen LogP contribution in [0.15, 0.2) is 12.3 Å². The Kier molecular flexibility index (Phi) is 3.95. The molecule has 3 heterocycles. The molecule has 1 fully saturated rings. The first-order chi connectivity index (χ1) is 9.63. The zero-order valence-corrected chi connectivity index (χ0v) is 13.6. The predicted molar refractivity (Wildman–Crippen MR) is 86.8 cm³/mol. The minimum Gasteiger partial charge on any atom is -0.311 e. The molecule has 0 aromatic carbocycles. The third kappa shape index (κ3) is 2.56. The van der Waals surface area contributed by atoms with Crippen molar-refractivity contribution in [2.45, 2.75) is 44.4 Å². The van der Waals surface area contributed by atoms with Crippen LogP contribution in [-0.4, -0.2) is 30.9 Å². The summed E-state index contributed by atoms with van der Waals surface area (Å²) in [6.45, 7) is 5.44. The number of thioether (sulfide) groups is 1. The number of hydrogen-bond acceptors (Lipinski definition) is 3. The lowest BCUT2D eigenvalue weighted by Crippen LogP contribution is -2.25. The molecule has 0 radical (unpaired) electrons. The summed E-state index contributed by atoms with van der Waals surface area (Å²) in [4.78, 5) is 9.35. The molecule has 0 spiro atoms. The van der Waals surface area contributed by atoms with Gasteiger partial charge in [0.2, 0.25) is 0 Å². The van der Waals surface area contributed by atoms with E-state index in [0.717, 1.165) is 30.0 Å². The van der Waals surface area contributed by atoms with E-state index in [1.54, 1.807) is 0 Å². The van der Waals surface area contributed by atoms with Gasteiger partial charge in [0.05, 0.1) is 0 Å². The Labute approximate surface area is 129 Å². The lowest BCUT2D eigenvalue weighted by Gasteiger charge is -2.24. The predicted octanol–water partition coefficient (Wildman–Crippen LogP) is 3.81. The maximum atomic E-state index is 5.95. The molecule has 0 bridgehead atoms. The van der Waals surface area contributed by atoms with Crippen LogP contribution in [0.4, 0.5) is 0 Å². The maximum absolute atomic E-state index is 5.95. The van der Waals surface area contributed by atoms with Gasteiger partial charge in [-0.3, -0.25) is 0 Å². The normalized spacial score (nSPS) is 22.8. The van der Waals surface area contributed by atoms with Crippen LogP contribution in [0.5, 0.6) is 0 Å². The standard InChI is InChI=1S/C15H20ClN3S/c1-11-5-8-17-14-13(11)18-12(4-7-16)19(14)10-15(2)6-3-9-20-15/h5,8H,3-4,6-7,9-10H2,1-2H3. The van der Waals surface area contributed by atoms with Crippen molar-refractivity contribution in [1.29, 1.82) is 0 Å². The third-order valence-corrected chi connectivity index (χ3v) is 5.74. The largest absolute Gasteiger partial charge is 0.311 e. The first kappa shape index (κ1) is 14.2. The summed E-state index contributed by atoms with van der Waals surface area (Å²) >= 11 is 8.02. The number of halogens is 1. The Bertz CT molecular complexity index is 617. The summed E-state index contributed by atoms with van der Waals surface area (Å²) in [5, 5.41) is 0. The van der Waals surface area contributed by atoms with Crippen LogP contribution in [0.25, 0.3) is 11.2 Å². The number of aromatic nitrogens is 3. The van der Waals surface area contributed by atoms with E-state index in [4.69, 9.17) is 16.6 Å². The highest BCUT2D eigenvalue weighted by Gasteiger charge is 2.31. The summed E-state index contributed by atoms with van der Waals surface area (Å²) in [6.07, 6.45) is 5.26. The Morgan fingerprint density at radius 1 is 1.50 bits per heavy atom. The summed E-state index contributed by atoms with van der Waals surface area (Å²) in [7, 11) is 0. The van der Waals surface area contributed by atoms with E-state index in [2.05, 4.69) is 35.2 Å². The van der Waals surface area contributed by atoms with E-state index in [0.29, 0.717) is 10.6 Å². The second-order valence-corrected chi connectivity index (χ2v) is 7.82. The van der Waals surface area contributed by atoms with Crippen molar-refractivity contribution in [2.24, 2.45) is 0 Å². The molecule has 1 atom stereocenters. The Balaban J connectivity index is 2.06. The topological polar surface area (TPSA) is 30.7 Å². The monoisotopic (exact) mass is 309 g/mol. The van der Waals surface area contributed by atoms with E-state index in [-0.39, 0.29) is 0 Å². The van der Waals surface area contributed by atoms with Crippen molar-refractivity contribution in [3.63, 3.8) is 0 Å². The van der Waals surface area contributed by atoms with Gasteiger partial charge in [-0.2, -0.15) is 11.8 Å². The molecule has 1 aliphatic rings. The van der Waals surface area contributed by atoms with Gasteiger partial charge in [-0.15, -0.1) is 11.6 Å². The van der Waals surface area contributed by atoms with E-state index in [9.17, 15) is 0 Å². The number of hydrogen-bond donors (Lipinski definition) is 0. The van der Waals surface area contributed by atoms with Crippen LogP contribution in [0, 0.1) is 6.92 Å². The summed E-state index contributed by atoms with van der Waals surface area (Å²) in [5.74, 6) is 2.94. The quantitative estimate of drug-likeness (QED) is 0.805. The summed E-state index contributed by atoms with van der Waals surface area (Å²) < 4.78 is 2.60. The van der Waals surface area contributed by atoms with Crippen molar-refractivity contribution < 1.29 is 0 Å². The number of aryl methyl sites for hydroxylation is 2. The Morgan fingerprint density at radius 2 is 2.35 bits per heavy atom. The SMILES string of the molecule is Cc1ccnc2c1nc(CCCl)n2CC1(C)CCCS1.